The number of benzene rings is 1. The van der Waals surface area contributed by atoms with E-state index in [9.17, 15) is 4.79 Å². The number of carbonyl (C=O) groups excluding carboxylic acids is 1. The second-order valence-corrected chi connectivity index (χ2v) is 7.78. The smallest absolute Gasteiger partial charge is 0.264 e. The third-order valence-electron chi connectivity index (χ3n) is 6.93. The Labute approximate surface area is 148 Å². The zero-order valence-corrected chi connectivity index (χ0v) is 14.8. The van der Waals surface area contributed by atoms with Crippen molar-refractivity contribution in [3.8, 4) is 0 Å². The molecule has 5 atom stereocenters. The molecular formula is C20H24N2O3. The Hall–Kier alpha value is -1.72. The molecule has 1 aliphatic carbocycles. The van der Waals surface area contributed by atoms with Crippen molar-refractivity contribution in [2.75, 3.05) is 25.3 Å². The van der Waals surface area contributed by atoms with Crippen molar-refractivity contribution in [1.82, 2.24) is 0 Å². The van der Waals surface area contributed by atoms with Gasteiger partial charge in [0.05, 0.1) is 25.5 Å². The molecule has 3 fully saturated rings. The summed E-state index contributed by atoms with van der Waals surface area (Å²) in [7, 11) is 1.56. The number of hydroxylamine groups is 1. The van der Waals surface area contributed by atoms with E-state index in [1.54, 1.807) is 7.11 Å². The molecule has 1 saturated carbocycles. The first-order chi connectivity index (χ1) is 12.2. The number of aliphatic imine (C=N–C) groups is 1. The molecule has 6 rings (SSSR count). The van der Waals surface area contributed by atoms with E-state index >= 15 is 0 Å². The van der Waals surface area contributed by atoms with E-state index < -0.39 is 5.41 Å². The van der Waals surface area contributed by atoms with Crippen molar-refractivity contribution in [2.45, 2.75) is 37.7 Å². The number of rotatable bonds is 2. The number of ether oxygens (including phenoxy) is 1. The van der Waals surface area contributed by atoms with Crippen LogP contribution in [-0.4, -0.2) is 38.0 Å². The number of hydrogen-bond acceptors (Lipinski definition) is 4. The minimum atomic E-state index is -0.683. The van der Waals surface area contributed by atoms with Gasteiger partial charge in [-0.1, -0.05) is 31.5 Å². The van der Waals surface area contributed by atoms with E-state index in [1.165, 1.54) is 10.8 Å². The fraction of sp³-hybridized carbons (Fsp3) is 0.600. The van der Waals surface area contributed by atoms with Crippen LogP contribution in [0.4, 0.5) is 5.69 Å². The van der Waals surface area contributed by atoms with Crippen LogP contribution in [0.1, 0.15) is 31.7 Å². The van der Waals surface area contributed by atoms with Crippen LogP contribution in [0.25, 0.3) is 0 Å². The Balaban J connectivity index is 1.69. The molecule has 5 heteroatoms. The minimum Gasteiger partial charge on any atom is -0.376 e. The average molecular weight is 340 g/mol. The predicted molar refractivity (Wildman–Crippen MR) is 94.7 cm³/mol. The average Bonchev–Trinajstić information content (AvgIpc) is 2.74. The van der Waals surface area contributed by atoms with E-state index in [4.69, 9.17) is 14.6 Å². The van der Waals surface area contributed by atoms with Gasteiger partial charge in [0.25, 0.3) is 5.91 Å². The molecule has 1 aromatic carbocycles. The van der Waals surface area contributed by atoms with Gasteiger partial charge in [0.15, 0.2) is 0 Å². The number of fused-ring (bicyclic) bond motifs is 2. The van der Waals surface area contributed by atoms with Crippen molar-refractivity contribution >= 4 is 17.3 Å². The molecule has 132 valence electrons. The van der Waals surface area contributed by atoms with Crippen molar-refractivity contribution < 1.29 is 14.4 Å². The summed E-state index contributed by atoms with van der Waals surface area (Å²) in [5, 5.41) is 1.46. The van der Waals surface area contributed by atoms with Crippen LogP contribution < -0.4 is 5.06 Å². The standard InChI is InChI=1S/C20H24N2O3/c1-3-12-10-21-16-9-20(18-8-13(12)14(16)11-25-18)15-6-4-5-7-17(15)22(24-2)19(20)23/h4-7,12-14,18H,3,8-11H2,1-2H3/t12?,13-,14-,18+,20-/m0/s1. The van der Waals surface area contributed by atoms with Crippen LogP contribution >= 0.6 is 0 Å². The summed E-state index contributed by atoms with van der Waals surface area (Å²) in [6.45, 7) is 3.86. The van der Waals surface area contributed by atoms with E-state index in [1.807, 2.05) is 18.2 Å². The molecule has 4 aliphatic heterocycles. The van der Waals surface area contributed by atoms with Gasteiger partial charge in [0.1, 0.15) is 5.41 Å². The highest BCUT2D eigenvalue weighted by Crippen LogP contribution is 2.55. The Morgan fingerprint density at radius 1 is 1.40 bits per heavy atom. The van der Waals surface area contributed by atoms with E-state index in [2.05, 4.69) is 13.0 Å². The first-order valence-corrected chi connectivity index (χ1v) is 9.33. The number of carbonyl (C=O) groups is 1. The predicted octanol–water partition coefficient (Wildman–Crippen LogP) is 2.74. The number of amides is 1. The van der Waals surface area contributed by atoms with E-state index in [0.717, 1.165) is 30.6 Å². The van der Waals surface area contributed by atoms with Gasteiger partial charge in [-0.3, -0.25) is 14.6 Å². The van der Waals surface area contributed by atoms with Gasteiger partial charge in [0.2, 0.25) is 0 Å². The van der Waals surface area contributed by atoms with Crippen LogP contribution in [-0.2, 0) is 19.8 Å². The molecule has 0 radical (unpaired) electrons. The monoisotopic (exact) mass is 340 g/mol. The molecule has 1 unspecified atom stereocenters. The third-order valence-corrected chi connectivity index (χ3v) is 6.93. The first kappa shape index (κ1) is 15.5. The SMILES string of the molecule is CCC1CN=C2C[C@@]3(C(=O)N(OC)c4ccccc43)[C@H]3C[C@@H]1[C@@H]2CO3. The van der Waals surface area contributed by atoms with Gasteiger partial charge in [-0.15, -0.1) is 0 Å². The maximum Gasteiger partial charge on any atom is 0.264 e. The van der Waals surface area contributed by atoms with Crippen molar-refractivity contribution in [3.63, 3.8) is 0 Å². The Morgan fingerprint density at radius 3 is 3.04 bits per heavy atom. The van der Waals surface area contributed by atoms with Crippen LogP contribution in [0.5, 0.6) is 0 Å². The zero-order valence-electron chi connectivity index (χ0n) is 14.8. The number of para-hydroxylation sites is 1. The van der Waals surface area contributed by atoms with Crippen LogP contribution in [0.3, 0.4) is 0 Å². The normalized spacial score (nSPS) is 38.7. The lowest BCUT2D eigenvalue weighted by molar-refractivity contribution is -0.138. The van der Waals surface area contributed by atoms with Gasteiger partial charge in [-0.05, 0) is 29.9 Å². The summed E-state index contributed by atoms with van der Waals surface area (Å²) in [6, 6.07) is 7.99. The highest BCUT2D eigenvalue weighted by molar-refractivity contribution is 6.10. The Bertz CT molecular complexity index is 761. The molecule has 1 aromatic rings. The molecule has 1 amide bonds. The van der Waals surface area contributed by atoms with Crippen molar-refractivity contribution in [3.05, 3.63) is 29.8 Å². The summed E-state index contributed by atoms with van der Waals surface area (Å²) in [6.07, 6.45) is 2.67. The van der Waals surface area contributed by atoms with Gasteiger partial charge in [-0.2, -0.15) is 5.06 Å². The van der Waals surface area contributed by atoms with Crippen LogP contribution in [0.15, 0.2) is 29.3 Å². The number of anilines is 1. The topological polar surface area (TPSA) is 51.1 Å². The Kier molecular flexibility index (Phi) is 3.35. The van der Waals surface area contributed by atoms with Crippen molar-refractivity contribution in [1.29, 1.82) is 0 Å². The maximum absolute atomic E-state index is 13.5. The molecule has 5 aliphatic rings. The lowest BCUT2D eigenvalue weighted by Crippen LogP contribution is -2.50. The van der Waals surface area contributed by atoms with E-state index in [-0.39, 0.29) is 12.0 Å². The molecule has 4 heterocycles. The Morgan fingerprint density at radius 2 is 2.24 bits per heavy atom. The lowest BCUT2D eigenvalue weighted by atomic mass is 9.71. The summed E-state index contributed by atoms with van der Waals surface area (Å²) in [4.78, 5) is 23.9. The lowest BCUT2D eigenvalue weighted by Gasteiger charge is -2.41. The summed E-state index contributed by atoms with van der Waals surface area (Å²) >= 11 is 0. The first-order valence-electron chi connectivity index (χ1n) is 9.33. The van der Waals surface area contributed by atoms with Crippen LogP contribution in [0, 0.1) is 17.8 Å². The number of nitrogens with zero attached hydrogens (tertiary/aromatic N) is 2. The van der Waals surface area contributed by atoms with Crippen molar-refractivity contribution in [2.24, 2.45) is 22.7 Å². The molecule has 0 N–H and O–H groups in total. The third kappa shape index (κ3) is 1.86. The number of hydrogen-bond donors (Lipinski definition) is 0. The molecule has 4 bridgehead atoms. The zero-order chi connectivity index (χ0) is 17.2. The summed E-state index contributed by atoms with van der Waals surface area (Å²) < 4.78 is 6.31. The largest absolute Gasteiger partial charge is 0.376 e. The maximum atomic E-state index is 13.5. The highest BCUT2D eigenvalue weighted by atomic mass is 16.7. The molecule has 25 heavy (non-hydrogen) atoms. The van der Waals surface area contributed by atoms with Gasteiger partial charge in [-0.25, -0.2) is 0 Å². The van der Waals surface area contributed by atoms with E-state index in [0.29, 0.717) is 30.8 Å². The molecule has 1 spiro atoms. The summed E-state index contributed by atoms with van der Waals surface area (Å²) in [5.74, 6) is 1.59. The second kappa shape index (κ2) is 5.39. The molecule has 2 saturated heterocycles. The fourth-order valence-electron chi connectivity index (χ4n) is 5.63. The quantitative estimate of drug-likeness (QED) is 0.832. The fourth-order valence-corrected chi connectivity index (χ4v) is 5.63. The highest BCUT2D eigenvalue weighted by Gasteiger charge is 2.62. The second-order valence-electron chi connectivity index (χ2n) is 7.78. The van der Waals surface area contributed by atoms with Gasteiger partial charge >= 0.3 is 0 Å². The summed E-state index contributed by atoms with van der Waals surface area (Å²) in [5.41, 5.74) is 2.40. The van der Waals surface area contributed by atoms with Crippen LogP contribution in [0.2, 0.25) is 0 Å². The molecule has 5 nitrogen and oxygen atoms in total. The molecular weight excluding hydrogens is 316 g/mol. The van der Waals surface area contributed by atoms with Gasteiger partial charge < -0.3 is 4.74 Å². The van der Waals surface area contributed by atoms with Gasteiger partial charge in [0, 0.05) is 24.6 Å². The molecule has 0 aromatic heterocycles. The minimum absolute atomic E-state index is 0.00477.